The van der Waals surface area contributed by atoms with E-state index in [4.69, 9.17) is 4.74 Å². The minimum atomic E-state index is -1.42. The first-order chi connectivity index (χ1) is 29.9. The van der Waals surface area contributed by atoms with E-state index in [9.17, 15) is 14.9 Å². The van der Waals surface area contributed by atoms with Crippen molar-refractivity contribution in [3.05, 3.63) is 171 Å². The molecule has 4 fully saturated rings. The van der Waals surface area contributed by atoms with Gasteiger partial charge in [-0.3, -0.25) is 10.1 Å². The lowest BCUT2D eigenvalue weighted by atomic mass is 9.83. The molecule has 5 heterocycles. The van der Waals surface area contributed by atoms with Gasteiger partial charge in [0.2, 0.25) is 0 Å². The highest BCUT2D eigenvalue weighted by molar-refractivity contribution is 5.98. The number of carbonyl (C=O) groups excluding carboxylic acids is 1. The Morgan fingerprint density at radius 2 is 0.803 bits per heavy atom. The van der Waals surface area contributed by atoms with Crippen LogP contribution < -0.4 is 19.6 Å². The van der Waals surface area contributed by atoms with Crippen molar-refractivity contribution in [3.8, 4) is 0 Å². The van der Waals surface area contributed by atoms with Crippen molar-refractivity contribution in [2.75, 3.05) is 72.0 Å². The molecule has 5 aliphatic rings. The summed E-state index contributed by atoms with van der Waals surface area (Å²) in [6.07, 6.45) is 13.7. The fourth-order valence-electron chi connectivity index (χ4n) is 10.1. The third-order valence-electron chi connectivity index (χ3n) is 13.4. The first-order valence-corrected chi connectivity index (χ1v) is 22.3. The lowest BCUT2D eigenvalue weighted by molar-refractivity contribution is -0.384. The van der Waals surface area contributed by atoms with Gasteiger partial charge in [0.05, 0.1) is 10.5 Å². The summed E-state index contributed by atoms with van der Waals surface area (Å²) in [5.74, 6) is -0.590. The quantitative estimate of drug-likeness (QED) is 0.0741. The highest BCUT2D eigenvalue weighted by Crippen LogP contribution is 2.46. The fourth-order valence-corrected chi connectivity index (χ4v) is 10.1. The summed E-state index contributed by atoms with van der Waals surface area (Å²) < 4.78 is 6.67. The van der Waals surface area contributed by atoms with E-state index in [-0.39, 0.29) is 11.3 Å². The SMILES string of the molecule is O=C1OC(C=C(c2ccc(N3CCCC3)cc2)c2ccc(N3CCCC3)cc2)(C=C(c2ccc(N3CCCC3)cc2)c2ccc(N3CCCC3)cc2)c2ccc([N+](=O)[O-])cc21. The molecule has 0 unspecified atom stereocenters. The summed E-state index contributed by atoms with van der Waals surface area (Å²) in [5.41, 5.74) is 9.75. The number of hydrogen-bond donors (Lipinski definition) is 0. The average molecular weight is 812 g/mol. The van der Waals surface area contributed by atoms with Crippen molar-refractivity contribution >= 4 is 45.6 Å². The summed E-state index contributed by atoms with van der Waals surface area (Å²) >= 11 is 0. The molecule has 0 bridgehead atoms. The lowest BCUT2D eigenvalue weighted by Gasteiger charge is -2.27. The van der Waals surface area contributed by atoms with Gasteiger partial charge in [0, 0.05) is 92.8 Å². The molecule has 0 amide bonds. The summed E-state index contributed by atoms with van der Waals surface area (Å²) in [4.78, 5) is 35.5. The minimum Gasteiger partial charge on any atom is -0.442 e. The van der Waals surface area contributed by atoms with Crippen LogP contribution in [0.3, 0.4) is 0 Å². The molecular weight excluding hydrogens is 759 g/mol. The number of benzene rings is 5. The van der Waals surface area contributed by atoms with Gasteiger partial charge in [-0.15, -0.1) is 0 Å². The molecule has 0 aromatic heterocycles. The molecule has 61 heavy (non-hydrogen) atoms. The van der Waals surface area contributed by atoms with Crippen LogP contribution in [0.2, 0.25) is 0 Å². The van der Waals surface area contributed by atoms with Gasteiger partial charge in [0.25, 0.3) is 5.69 Å². The van der Waals surface area contributed by atoms with Gasteiger partial charge in [-0.25, -0.2) is 4.79 Å². The van der Waals surface area contributed by atoms with E-state index in [0.29, 0.717) is 5.56 Å². The Kier molecular flexibility index (Phi) is 10.6. The normalized spacial score (nSPS) is 18.1. The van der Waals surface area contributed by atoms with Crippen LogP contribution in [-0.4, -0.2) is 63.3 Å². The number of nitro benzene ring substituents is 1. The Morgan fingerprint density at radius 1 is 0.492 bits per heavy atom. The molecule has 5 aromatic carbocycles. The third kappa shape index (κ3) is 7.78. The number of carbonyl (C=O) groups is 1. The molecule has 5 aromatic rings. The van der Waals surface area contributed by atoms with E-state index in [1.807, 2.05) is 0 Å². The molecule has 0 aliphatic carbocycles. The number of hydrogen-bond acceptors (Lipinski definition) is 8. The average Bonchev–Trinajstić information content (AvgIpc) is 4.17. The standard InChI is InChI=1S/C52H53N5O4/c58-51-47-35-46(57(59)60)25-26-50(47)52(61-51,36-48(38-9-17-42(18-10-38)53-27-1-2-28-53)39-11-19-43(20-12-39)54-29-3-4-30-54)37-49(40-13-21-44(22-14-40)55-31-5-6-32-55)41-15-23-45(24-16-41)56-33-7-8-34-56/h9-26,35-37H,1-8,27-34H2. The van der Waals surface area contributed by atoms with Gasteiger partial charge < -0.3 is 24.3 Å². The second-order valence-corrected chi connectivity index (χ2v) is 17.2. The maximum Gasteiger partial charge on any atom is 0.340 e. The van der Waals surface area contributed by atoms with Crippen molar-refractivity contribution in [2.45, 2.75) is 57.0 Å². The topological polar surface area (TPSA) is 82.4 Å². The molecule has 9 nitrogen and oxygen atoms in total. The Bertz CT molecular complexity index is 2200. The van der Waals surface area contributed by atoms with Gasteiger partial charge in [-0.1, -0.05) is 48.5 Å². The van der Waals surface area contributed by atoms with Gasteiger partial charge in [-0.05, 0) is 152 Å². The first-order valence-electron chi connectivity index (χ1n) is 22.3. The Balaban J connectivity index is 1.17. The number of ether oxygens (including phenoxy) is 1. The van der Waals surface area contributed by atoms with Crippen LogP contribution in [0.1, 0.15) is 89.5 Å². The van der Waals surface area contributed by atoms with Crippen molar-refractivity contribution in [3.63, 3.8) is 0 Å². The molecule has 4 saturated heterocycles. The lowest BCUT2D eigenvalue weighted by Crippen LogP contribution is -2.23. The summed E-state index contributed by atoms with van der Waals surface area (Å²) in [5, 5.41) is 12.1. The number of fused-ring (bicyclic) bond motifs is 1. The molecule has 0 saturated carbocycles. The highest BCUT2D eigenvalue weighted by atomic mass is 16.6. The molecule has 9 heteroatoms. The number of cyclic esters (lactones) is 1. The molecule has 0 spiro atoms. The van der Waals surface area contributed by atoms with E-state index in [1.165, 1.54) is 86.2 Å². The number of non-ortho nitro benzene ring substituents is 1. The van der Waals surface area contributed by atoms with E-state index in [1.54, 1.807) is 6.07 Å². The summed E-state index contributed by atoms with van der Waals surface area (Å²) in [7, 11) is 0. The van der Waals surface area contributed by atoms with Gasteiger partial charge >= 0.3 is 5.97 Å². The van der Waals surface area contributed by atoms with Crippen molar-refractivity contribution < 1.29 is 14.5 Å². The second kappa shape index (κ2) is 16.6. The zero-order valence-corrected chi connectivity index (χ0v) is 34.8. The van der Waals surface area contributed by atoms with Gasteiger partial charge in [-0.2, -0.15) is 0 Å². The number of rotatable bonds is 11. The molecule has 310 valence electrons. The highest BCUT2D eigenvalue weighted by Gasteiger charge is 2.44. The van der Waals surface area contributed by atoms with Crippen LogP contribution in [0.4, 0.5) is 28.4 Å². The number of nitrogens with zero attached hydrogens (tertiary/aromatic N) is 5. The predicted molar refractivity (Wildman–Crippen MR) is 246 cm³/mol. The second-order valence-electron chi connectivity index (χ2n) is 17.2. The van der Waals surface area contributed by atoms with E-state index >= 15 is 0 Å². The van der Waals surface area contributed by atoms with Crippen LogP contribution in [0, 0.1) is 10.1 Å². The fraction of sp³-hybridized carbons (Fsp3) is 0.327. The monoisotopic (exact) mass is 811 g/mol. The maximum atomic E-state index is 14.2. The van der Waals surface area contributed by atoms with Crippen LogP contribution in [0.5, 0.6) is 0 Å². The zero-order chi connectivity index (χ0) is 41.3. The van der Waals surface area contributed by atoms with Gasteiger partial charge in [0.1, 0.15) is 0 Å². The molecule has 0 atom stereocenters. The van der Waals surface area contributed by atoms with Crippen LogP contribution in [0.15, 0.2) is 127 Å². The third-order valence-corrected chi connectivity index (χ3v) is 13.4. The summed E-state index contributed by atoms with van der Waals surface area (Å²) in [6, 6.07) is 39.5. The largest absolute Gasteiger partial charge is 0.442 e. The number of anilines is 4. The number of esters is 1. The summed E-state index contributed by atoms with van der Waals surface area (Å²) in [6.45, 7) is 8.39. The Hall–Kier alpha value is -6.35. The Labute approximate surface area is 358 Å². The zero-order valence-electron chi connectivity index (χ0n) is 34.8. The molecule has 0 N–H and O–H groups in total. The van der Waals surface area contributed by atoms with Crippen LogP contribution >= 0.6 is 0 Å². The predicted octanol–water partition coefficient (Wildman–Crippen LogP) is 10.6. The van der Waals surface area contributed by atoms with Crippen LogP contribution in [-0.2, 0) is 10.3 Å². The maximum absolute atomic E-state index is 14.2. The Morgan fingerprint density at radius 3 is 1.10 bits per heavy atom. The van der Waals surface area contributed by atoms with Gasteiger partial charge in [0.15, 0.2) is 5.60 Å². The smallest absolute Gasteiger partial charge is 0.340 e. The van der Waals surface area contributed by atoms with Crippen molar-refractivity contribution in [2.24, 2.45) is 0 Å². The van der Waals surface area contributed by atoms with Crippen molar-refractivity contribution in [1.82, 2.24) is 0 Å². The molecule has 0 radical (unpaired) electrons. The van der Waals surface area contributed by atoms with E-state index in [0.717, 1.165) is 85.8 Å². The number of nitro groups is 1. The van der Waals surface area contributed by atoms with E-state index < -0.39 is 16.5 Å². The van der Waals surface area contributed by atoms with E-state index in [2.05, 4.69) is 129 Å². The van der Waals surface area contributed by atoms with Crippen LogP contribution in [0.25, 0.3) is 11.1 Å². The molecule has 10 rings (SSSR count). The van der Waals surface area contributed by atoms with Crippen molar-refractivity contribution in [1.29, 1.82) is 0 Å². The minimum absolute atomic E-state index is 0.148. The first kappa shape index (κ1) is 38.8. The molecular formula is C52H53N5O4. The molecule has 5 aliphatic heterocycles.